The molecule has 2 aliphatic rings. The lowest BCUT2D eigenvalue weighted by molar-refractivity contribution is -0.137. The van der Waals surface area contributed by atoms with Gasteiger partial charge in [0.1, 0.15) is 0 Å². The van der Waals surface area contributed by atoms with Crippen LogP contribution in [-0.2, 0) is 20.7 Å². The number of allylic oxidation sites excluding steroid dienone is 2. The molecule has 0 aromatic heterocycles. The van der Waals surface area contributed by atoms with E-state index in [1.807, 2.05) is 6.07 Å². The molecule has 4 heteroatoms. The number of aliphatic carboxylic acids is 1. The van der Waals surface area contributed by atoms with E-state index in [0.717, 1.165) is 45.1 Å². The lowest BCUT2D eigenvalue weighted by Gasteiger charge is -2.27. The number of hydrogen-bond donors (Lipinski definition) is 1. The molecule has 0 aliphatic carbocycles. The van der Waals surface area contributed by atoms with Crippen molar-refractivity contribution in [3.63, 3.8) is 0 Å². The van der Waals surface area contributed by atoms with Crippen LogP contribution in [0.5, 0.6) is 0 Å². The Balaban J connectivity index is 1.39. The Hall–Kier alpha value is -1.65. The average molecular weight is 358 g/mol. The number of ether oxygens (including phenoxy) is 2. The van der Waals surface area contributed by atoms with Crippen LogP contribution >= 0.6 is 0 Å². The second kappa shape index (κ2) is 9.89. The van der Waals surface area contributed by atoms with Crippen LogP contribution < -0.4 is 0 Å². The molecule has 0 amide bonds. The smallest absolute Gasteiger partial charge is 0.303 e. The number of carboxylic acids is 1. The number of carbonyl (C=O) groups is 1. The maximum Gasteiger partial charge on any atom is 0.303 e. The Labute approximate surface area is 156 Å². The molecule has 2 aliphatic heterocycles. The summed E-state index contributed by atoms with van der Waals surface area (Å²) in [7, 11) is 0. The third-order valence-corrected chi connectivity index (χ3v) is 5.45. The third kappa shape index (κ3) is 5.42. The Kier molecular flexibility index (Phi) is 7.27. The first kappa shape index (κ1) is 19.1. The summed E-state index contributed by atoms with van der Waals surface area (Å²) in [6.45, 7) is 0.783. The highest BCUT2D eigenvalue weighted by atomic mass is 16.6. The van der Waals surface area contributed by atoms with Crippen LogP contribution in [0.1, 0.15) is 50.5 Å². The number of unbranched alkanes of at least 4 members (excludes halogenated alkanes) is 1. The van der Waals surface area contributed by atoms with E-state index in [9.17, 15) is 4.79 Å². The normalized spacial score (nSPS) is 27.4. The summed E-state index contributed by atoms with van der Waals surface area (Å²) in [5.74, 6) is -0.273. The fourth-order valence-electron chi connectivity index (χ4n) is 4.13. The molecule has 3 rings (SSSR count). The van der Waals surface area contributed by atoms with Crippen LogP contribution in [0.2, 0.25) is 0 Å². The van der Waals surface area contributed by atoms with Crippen molar-refractivity contribution in [3.8, 4) is 0 Å². The topological polar surface area (TPSA) is 55.8 Å². The highest BCUT2D eigenvalue weighted by Gasteiger charge is 2.48. The van der Waals surface area contributed by atoms with Gasteiger partial charge in [0.25, 0.3) is 0 Å². The van der Waals surface area contributed by atoms with Crippen molar-refractivity contribution in [2.45, 2.75) is 69.7 Å². The number of aryl methyl sites for hydroxylation is 1. The molecule has 26 heavy (non-hydrogen) atoms. The van der Waals surface area contributed by atoms with E-state index >= 15 is 0 Å². The molecule has 1 aromatic rings. The maximum absolute atomic E-state index is 10.5. The SMILES string of the molecule is O=C(O)CCCC=CC[C@@H]1[C@H](OCCCc2ccccc2)[C@@H]2CC[C@H]1O2. The van der Waals surface area contributed by atoms with Crippen LogP contribution in [0.4, 0.5) is 0 Å². The summed E-state index contributed by atoms with van der Waals surface area (Å²) in [6.07, 6.45) is 12.2. The molecule has 142 valence electrons. The van der Waals surface area contributed by atoms with Crippen molar-refractivity contribution in [1.29, 1.82) is 0 Å². The molecule has 0 spiro atoms. The van der Waals surface area contributed by atoms with Gasteiger partial charge in [0.05, 0.1) is 18.3 Å². The number of rotatable bonds is 11. The average Bonchev–Trinajstić information content (AvgIpc) is 3.24. The van der Waals surface area contributed by atoms with E-state index < -0.39 is 5.97 Å². The summed E-state index contributed by atoms with van der Waals surface area (Å²) in [4.78, 5) is 10.5. The minimum atomic E-state index is -0.719. The first-order chi connectivity index (χ1) is 12.7. The van der Waals surface area contributed by atoms with Gasteiger partial charge in [-0.2, -0.15) is 0 Å². The lowest BCUT2D eigenvalue weighted by Crippen LogP contribution is -2.34. The third-order valence-electron chi connectivity index (χ3n) is 5.45. The van der Waals surface area contributed by atoms with Crippen LogP contribution in [-0.4, -0.2) is 36.0 Å². The quantitative estimate of drug-likeness (QED) is 0.471. The molecule has 0 radical (unpaired) electrons. The predicted molar refractivity (Wildman–Crippen MR) is 101 cm³/mol. The Bertz CT molecular complexity index is 583. The molecular formula is C22H30O4. The molecule has 1 N–H and O–H groups in total. The van der Waals surface area contributed by atoms with Crippen LogP contribution in [0.15, 0.2) is 42.5 Å². The zero-order valence-electron chi connectivity index (χ0n) is 15.4. The minimum absolute atomic E-state index is 0.216. The fourth-order valence-corrected chi connectivity index (χ4v) is 4.13. The second-order valence-corrected chi connectivity index (χ2v) is 7.37. The Morgan fingerprint density at radius 1 is 1.15 bits per heavy atom. The molecule has 2 fully saturated rings. The highest BCUT2D eigenvalue weighted by Crippen LogP contribution is 2.42. The lowest BCUT2D eigenvalue weighted by atomic mass is 9.84. The zero-order valence-corrected chi connectivity index (χ0v) is 15.4. The molecule has 0 saturated carbocycles. The van der Waals surface area contributed by atoms with E-state index in [1.54, 1.807) is 0 Å². The van der Waals surface area contributed by atoms with Gasteiger partial charge in [-0.15, -0.1) is 0 Å². The molecule has 4 atom stereocenters. The molecular weight excluding hydrogens is 328 g/mol. The van der Waals surface area contributed by atoms with E-state index in [2.05, 4.69) is 36.4 Å². The molecule has 0 unspecified atom stereocenters. The second-order valence-electron chi connectivity index (χ2n) is 7.37. The zero-order chi connectivity index (χ0) is 18.2. The standard InChI is InChI=1S/C22H30O4/c23-21(24)13-7-2-1-6-12-18-19-14-15-20(26-19)22(18)25-16-8-11-17-9-4-3-5-10-17/h1,3-6,9-10,18-20,22H,2,7-8,11-16H2,(H,23,24)/t18-,19+,20-,22-/m0/s1. The fraction of sp³-hybridized carbons (Fsp3) is 0.591. The molecule has 2 heterocycles. The van der Waals surface area contributed by atoms with E-state index in [-0.39, 0.29) is 18.6 Å². The van der Waals surface area contributed by atoms with Crippen LogP contribution in [0.25, 0.3) is 0 Å². The van der Waals surface area contributed by atoms with E-state index in [0.29, 0.717) is 18.4 Å². The summed E-state index contributed by atoms with van der Waals surface area (Å²) < 4.78 is 12.3. The molecule has 4 nitrogen and oxygen atoms in total. The molecule has 2 saturated heterocycles. The number of benzene rings is 1. The number of hydrogen-bond acceptors (Lipinski definition) is 3. The van der Waals surface area contributed by atoms with Crippen molar-refractivity contribution in [2.24, 2.45) is 5.92 Å². The van der Waals surface area contributed by atoms with E-state index in [1.165, 1.54) is 5.56 Å². The molecule has 2 bridgehead atoms. The van der Waals surface area contributed by atoms with Crippen molar-refractivity contribution >= 4 is 5.97 Å². The van der Waals surface area contributed by atoms with Crippen LogP contribution in [0.3, 0.4) is 0 Å². The van der Waals surface area contributed by atoms with Gasteiger partial charge in [-0.25, -0.2) is 0 Å². The Morgan fingerprint density at radius 3 is 2.77 bits per heavy atom. The van der Waals surface area contributed by atoms with Crippen molar-refractivity contribution < 1.29 is 19.4 Å². The van der Waals surface area contributed by atoms with Gasteiger partial charge in [0.15, 0.2) is 0 Å². The predicted octanol–water partition coefficient (Wildman–Crippen LogP) is 4.38. The van der Waals surface area contributed by atoms with Crippen molar-refractivity contribution in [1.82, 2.24) is 0 Å². The number of carboxylic acid groups (broad SMARTS) is 1. The summed E-state index contributed by atoms with van der Waals surface area (Å²) in [5, 5.41) is 8.67. The van der Waals surface area contributed by atoms with Gasteiger partial charge in [-0.05, 0) is 50.5 Å². The van der Waals surface area contributed by atoms with Crippen molar-refractivity contribution in [3.05, 3.63) is 48.0 Å². The number of fused-ring (bicyclic) bond motifs is 2. The van der Waals surface area contributed by atoms with E-state index in [4.69, 9.17) is 14.6 Å². The largest absolute Gasteiger partial charge is 0.481 e. The summed E-state index contributed by atoms with van der Waals surface area (Å²) in [6, 6.07) is 10.5. The van der Waals surface area contributed by atoms with Gasteiger partial charge in [-0.1, -0.05) is 42.5 Å². The Morgan fingerprint density at radius 2 is 1.96 bits per heavy atom. The van der Waals surface area contributed by atoms with Gasteiger partial charge >= 0.3 is 5.97 Å². The van der Waals surface area contributed by atoms with Gasteiger partial charge in [-0.3, -0.25) is 4.79 Å². The molecule has 1 aromatic carbocycles. The van der Waals surface area contributed by atoms with Gasteiger partial charge < -0.3 is 14.6 Å². The van der Waals surface area contributed by atoms with Gasteiger partial charge in [0.2, 0.25) is 0 Å². The van der Waals surface area contributed by atoms with Crippen molar-refractivity contribution in [2.75, 3.05) is 6.61 Å². The first-order valence-corrected chi connectivity index (χ1v) is 9.92. The minimum Gasteiger partial charge on any atom is -0.481 e. The van der Waals surface area contributed by atoms with Crippen LogP contribution in [0, 0.1) is 5.92 Å². The summed E-state index contributed by atoms with van der Waals surface area (Å²) in [5.41, 5.74) is 1.36. The summed E-state index contributed by atoms with van der Waals surface area (Å²) >= 11 is 0. The highest BCUT2D eigenvalue weighted by molar-refractivity contribution is 5.66. The first-order valence-electron chi connectivity index (χ1n) is 9.92. The maximum atomic E-state index is 10.5. The monoisotopic (exact) mass is 358 g/mol. The van der Waals surface area contributed by atoms with Gasteiger partial charge in [0, 0.05) is 18.9 Å².